The molecule has 0 aliphatic rings. The lowest BCUT2D eigenvalue weighted by molar-refractivity contribution is 0.0636. The first-order valence-electron chi connectivity index (χ1n) is 9.98. The maximum atomic E-state index is 11.9. The van der Waals surface area contributed by atoms with E-state index in [1.54, 1.807) is 0 Å². The number of benzene rings is 2. The van der Waals surface area contributed by atoms with Gasteiger partial charge in [-0.1, -0.05) is 38.1 Å². The molecular formula is C23H27N5O2. The van der Waals surface area contributed by atoms with Crippen molar-refractivity contribution in [2.75, 3.05) is 5.32 Å². The van der Waals surface area contributed by atoms with Crippen molar-refractivity contribution in [2.24, 2.45) is 0 Å². The zero-order valence-electron chi connectivity index (χ0n) is 17.9. The first kappa shape index (κ1) is 21.1. The molecule has 0 aliphatic carbocycles. The highest BCUT2D eigenvalue weighted by Crippen LogP contribution is 2.25. The van der Waals surface area contributed by atoms with Gasteiger partial charge in [-0.25, -0.2) is 9.78 Å². The van der Waals surface area contributed by atoms with Crippen LogP contribution >= 0.6 is 0 Å². The van der Waals surface area contributed by atoms with Crippen LogP contribution < -0.4 is 5.32 Å². The van der Waals surface area contributed by atoms with Crippen molar-refractivity contribution in [1.29, 1.82) is 0 Å². The Balaban J connectivity index is 0.00000124. The molecular weight excluding hydrogens is 378 g/mol. The lowest BCUT2D eigenvalue weighted by Gasteiger charge is -2.19. The minimum Gasteiger partial charge on any atom is -0.444 e. The fourth-order valence-corrected chi connectivity index (χ4v) is 2.82. The first-order valence-corrected chi connectivity index (χ1v) is 9.98. The van der Waals surface area contributed by atoms with Crippen LogP contribution in [0.3, 0.4) is 0 Å². The summed E-state index contributed by atoms with van der Waals surface area (Å²) in [5.74, 6) is 0.739. The van der Waals surface area contributed by atoms with Gasteiger partial charge in [0.15, 0.2) is 5.82 Å². The molecule has 2 aromatic heterocycles. The normalized spacial score (nSPS) is 11.0. The minimum atomic E-state index is -0.536. The maximum Gasteiger partial charge on any atom is 0.412 e. The number of rotatable bonds is 3. The third-order valence-corrected chi connectivity index (χ3v) is 4.05. The highest BCUT2D eigenvalue weighted by molar-refractivity contribution is 5.85. The summed E-state index contributed by atoms with van der Waals surface area (Å²) in [6.07, 6.45) is -0.479. The van der Waals surface area contributed by atoms with Crippen LogP contribution in [-0.4, -0.2) is 31.9 Å². The number of aromatic nitrogens is 4. The number of fused-ring (bicyclic) bond motifs is 1. The molecule has 4 aromatic rings. The highest BCUT2D eigenvalue weighted by atomic mass is 16.6. The molecule has 2 heterocycles. The van der Waals surface area contributed by atoms with Gasteiger partial charge in [-0.15, -0.1) is 0 Å². The van der Waals surface area contributed by atoms with Crippen molar-refractivity contribution in [1.82, 2.24) is 20.2 Å². The van der Waals surface area contributed by atoms with Gasteiger partial charge in [0.25, 0.3) is 0 Å². The predicted molar refractivity (Wildman–Crippen MR) is 120 cm³/mol. The van der Waals surface area contributed by atoms with Crippen molar-refractivity contribution in [2.45, 2.75) is 40.2 Å². The fraction of sp³-hybridized carbons (Fsp3) is 0.261. The zero-order chi connectivity index (χ0) is 21.7. The SMILES string of the molecule is CC.CC(C)(C)OC(=O)Nc1ccc(-c2cc(-c3nc4ccccc4[nH]3)[nH]n2)cc1. The van der Waals surface area contributed by atoms with Crippen LogP contribution in [0.2, 0.25) is 0 Å². The molecule has 4 rings (SSSR count). The van der Waals surface area contributed by atoms with E-state index in [4.69, 9.17) is 4.74 Å². The van der Waals surface area contributed by atoms with E-state index >= 15 is 0 Å². The van der Waals surface area contributed by atoms with E-state index in [1.165, 1.54) is 0 Å². The highest BCUT2D eigenvalue weighted by Gasteiger charge is 2.16. The van der Waals surface area contributed by atoms with Crippen LogP contribution in [0.1, 0.15) is 34.6 Å². The number of amides is 1. The van der Waals surface area contributed by atoms with E-state index in [0.29, 0.717) is 5.69 Å². The molecule has 0 atom stereocenters. The van der Waals surface area contributed by atoms with Gasteiger partial charge in [0.1, 0.15) is 11.3 Å². The maximum absolute atomic E-state index is 11.9. The number of aromatic amines is 2. The van der Waals surface area contributed by atoms with E-state index < -0.39 is 11.7 Å². The Bertz CT molecular complexity index is 1090. The van der Waals surface area contributed by atoms with Gasteiger partial charge in [0.05, 0.1) is 16.7 Å². The van der Waals surface area contributed by atoms with Gasteiger partial charge in [0.2, 0.25) is 0 Å². The predicted octanol–water partition coefficient (Wildman–Crippen LogP) is 5.99. The summed E-state index contributed by atoms with van der Waals surface area (Å²) in [7, 11) is 0. The quantitative estimate of drug-likeness (QED) is 0.390. The smallest absolute Gasteiger partial charge is 0.412 e. The van der Waals surface area contributed by atoms with Crippen molar-refractivity contribution in [3.8, 4) is 22.8 Å². The van der Waals surface area contributed by atoms with Gasteiger partial charge < -0.3 is 9.72 Å². The molecule has 0 aliphatic heterocycles. The van der Waals surface area contributed by atoms with Crippen LogP contribution in [0.4, 0.5) is 10.5 Å². The number of carbonyl (C=O) groups is 1. The number of carbonyl (C=O) groups excluding carboxylic acids is 1. The Morgan fingerprint density at radius 2 is 1.73 bits per heavy atom. The largest absolute Gasteiger partial charge is 0.444 e. The van der Waals surface area contributed by atoms with Gasteiger partial charge in [0, 0.05) is 11.3 Å². The van der Waals surface area contributed by atoms with E-state index in [9.17, 15) is 4.79 Å². The number of anilines is 1. The third-order valence-electron chi connectivity index (χ3n) is 4.05. The lowest BCUT2D eigenvalue weighted by Crippen LogP contribution is -2.27. The number of nitrogens with zero attached hydrogens (tertiary/aromatic N) is 2. The lowest BCUT2D eigenvalue weighted by atomic mass is 10.1. The van der Waals surface area contributed by atoms with Gasteiger partial charge >= 0.3 is 6.09 Å². The molecule has 0 bridgehead atoms. The molecule has 7 nitrogen and oxygen atoms in total. The molecule has 7 heteroatoms. The molecule has 30 heavy (non-hydrogen) atoms. The average molecular weight is 406 g/mol. The number of hydrogen-bond donors (Lipinski definition) is 3. The zero-order valence-corrected chi connectivity index (χ0v) is 17.9. The molecule has 3 N–H and O–H groups in total. The minimum absolute atomic E-state index is 0.479. The second-order valence-corrected chi connectivity index (χ2v) is 7.47. The summed E-state index contributed by atoms with van der Waals surface area (Å²) >= 11 is 0. The summed E-state index contributed by atoms with van der Waals surface area (Å²) < 4.78 is 5.26. The van der Waals surface area contributed by atoms with Crippen LogP contribution in [0.15, 0.2) is 54.6 Å². The topological polar surface area (TPSA) is 95.7 Å². The number of para-hydroxylation sites is 2. The Morgan fingerprint density at radius 1 is 1.03 bits per heavy atom. The van der Waals surface area contributed by atoms with Gasteiger partial charge in [-0.3, -0.25) is 10.4 Å². The van der Waals surface area contributed by atoms with Crippen LogP contribution in [0.25, 0.3) is 33.8 Å². The average Bonchev–Trinajstić information content (AvgIpc) is 3.35. The van der Waals surface area contributed by atoms with Crippen LogP contribution in [-0.2, 0) is 4.74 Å². The summed E-state index contributed by atoms with van der Waals surface area (Å²) in [5.41, 5.74) is 4.53. The molecule has 0 unspecified atom stereocenters. The van der Waals surface area contributed by atoms with E-state index in [2.05, 4.69) is 25.5 Å². The first-order chi connectivity index (χ1) is 14.4. The molecule has 2 aromatic carbocycles. The Labute approximate surface area is 175 Å². The number of H-pyrrole nitrogens is 2. The number of nitrogens with one attached hydrogen (secondary N) is 3. The summed E-state index contributed by atoms with van der Waals surface area (Å²) in [6, 6.07) is 17.2. The third kappa shape index (κ3) is 5.05. The molecule has 0 fully saturated rings. The van der Waals surface area contributed by atoms with E-state index in [1.807, 2.05) is 89.2 Å². The molecule has 156 valence electrons. The molecule has 0 saturated carbocycles. The Morgan fingerprint density at radius 3 is 2.40 bits per heavy atom. The van der Waals surface area contributed by atoms with Crippen molar-refractivity contribution in [3.05, 3.63) is 54.6 Å². The second-order valence-electron chi connectivity index (χ2n) is 7.47. The van der Waals surface area contributed by atoms with Crippen LogP contribution in [0, 0.1) is 0 Å². The number of hydrogen-bond acceptors (Lipinski definition) is 4. The molecule has 0 saturated heterocycles. The molecule has 0 spiro atoms. The summed E-state index contributed by atoms with van der Waals surface area (Å²) in [6.45, 7) is 9.48. The Kier molecular flexibility index (Phi) is 6.20. The summed E-state index contributed by atoms with van der Waals surface area (Å²) in [4.78, 5) is 19.7. The standard InChI is InChI=1S/C21H21N5O2.C2H6/c1-21(2,3)28-20(27)22-14-10-8-13(9-11-14)17-12-18(26-25-17)19-23-15-6-4-5-7-16(15)24-19;1-2/h4-12H,1-3H3,(H,22,27)(H,23,24)(H,25,26);1-2H3. The van der Waals surface area contributed by atoms with Gasteiger partial charge in [-0.05, 0) is 51.1 Å². The van der Waals surface area contributed by atoms with Crippen LogP contribution in [0.5, 0.6) is 0 Å². The van der Waals surface area contributed by atoms with E-state index in [-0.39, 0.29) is 0 Å². The van der Waals surface area contributed by atoms with E-state index in [0.717, 1.165) is 33.8 Å². The van der Waals surface area contributed by atoms with Crippen molar-refractivity contribution >= 4 is 22.8 Å². The molecule has 0 radical (unpaired) electrons. The Hall–Kier alpha value is -3.61. The van der Waals surface area contributed by atoms with Crippen molar-refractivity contribution in [3.63, 3.8) is 0 Å². The monoisotopic (exact) mass is 405 g/mol. The molecule has 1 amide bonds. The second kappa shape index (κ2) is 8.82. The van der Waals surface area contributed by atoms with Crippen molar-refractivity contribution < 1.29 is 9.53 Å². The summed E-state index contributed by atoms with van der Waals surface area (Å²) in [5, 5.41) is 10.1. The van der Waals surface area contributed by atoms with Gasteiger partial charge in [-0.2, -0.15) is 5.10 Å². The number of ether oxygens (including phenoxy) is 1. The number of imidazole rings is 1. The fourth-order valence-electron chi connectivity index (χ4n) is 2.82.